The zero-order valence-electron chi connectivity index (χ0n) is 37.3. The van der Waals surface area contributed by atoms with Crippen LogP contribution in [0.4, 0.5) is 17.1 Å². The van der Waals surface area contributed by atoms with Crippen molar-refractivity contribution in [2.24, 2.45) is 0 Å². The molecule has 12 aromatic carbocycles. The van der Waals surface area contributed by atoms with Crippen molar-refractivity contribution < 1.29 is 0 Å². The third-order valence-corrected chi connectivity index (χ3v) is 13.8. The summed E-state index contributed by atoms with van der Waals surface area (Å²) in [5.41, 5.74) is 16.4. The van der Waals surface area contributed by atoms with Crippen molar-refractivity contribution in [3.63, 3.8) is 0 Å². The summed E-state index contributed by atoms with van der Waals surface area (Å²) >= 11 is 0. The Bertz CT molecular complexity index is 3980. The molecule has 318 valence electrons. The summed E-state index contributed by atoms with van der Waals surface area (Å²) in [4.78, 5) is 2.40. The molecule has 2 nitrogen and oxygen atoms in total. The van der Waals surface area contributed by atoms with Crippen LogP contribution in [0, 0.1) is 0 Å². The first kappa shape index (κ1) is 39.4. The zero-order valence-corrected chi connectivity index (χ0v) is 37.3. The van der Waals surface area contributed by atoms with E-state index in [1.54, 1.807) is 0 Å². The van der Waals surface area contributed by atoms with E-state index in [9.17, 15) is 0 Å². The molecular formula is C66H44N2. The largest absolute Gasteiger partial charge is 0.310 e. The number of hydrogen-bond donors (Lipinski definition) is 0. The lowest BCUT2D eigenvalue weighted by Gasteiger charge is -2.26. The van der Waals surface area contributed by atoms with Crippen molar-refractivity contribution in [1.29, 1.82) is 0 Å². The van der Waals surface area contributed by atoms with Crippen molar-refractivity contribution in [1.82, 2.24) is 4.57 Å². The van der Waals surface area contributed by atoms with Gasteiger partial charge in [0, 0.05) is 33.2 Å². The predicted molar refractivity (Wildman–Crippen MR) is 290 cm³/mol. The molecule has 0 aliphatic carbocycles. The Morgan fingerprint density at radius 2 is 0.676 bits per heavy atom. The first-order valence-corrected chi connectivity index (χ1v) is 23.4. The maximum atomic E-state index is 2.45. The second-order valence-electron chi connectivity index (χ2n) is 17.6. The molecule has 1 aromatic heterocycles. The summed E-state index contributed by atoms with van der Waals surface area (Å²) < 4.78 is 2.45. The van der Waals surface area contributed by atoms with Gasteiger partial charge in [-0.3, -0.25) is 0 Å². The average molecular weight is 865 g/mol. The van der Waals surface area contributed by atoms with Gasteiger partial charge in [-0.05, 0) is 126 Å². The molecule has 0 atom stereocenters. The second-order valence-corrected chi connectivity index (χ2v) is 17.6. The van der Waals surface area contributed by atoms with Gasteiger partial charge in [-0.1, -0.05) is 212 Å². The van der Waals surface area contributed by atoms with Gasteiger partial charge in [-0.2, -0.15) is 0 Å². The van der Waals surface area contributed by atoms with Crippen LogP contribution in [0.2, 0.25) is 0 Å². The Hall–Kier alpha value is -8.98. The van der Waals surface area contributed by atoms with Crippen LogP contribution in [0.25, 0.3) is 104 Å². The highest BCUT2D eigenvalue weighted by atomic mass is 15.1. The Labute approximate surface area is 395 Å². The van der Waals surface area contributed by atoms with Crippen LogP contribution in [0.1, 0.15) is 0 Å². The highest BCUT2D eigenvalue weighted by molar-refractivity contribution is 6.22. The van der Waals surface area contributed by atoms with Crippen molar-refractivity contribution in [3.8, 4) is 50.2 Å². The minimum absolute atomic E-state index is 1.08. The smallest absolute Gasteiger partial charge is 0.0562 e. The fourth-order valence-electron chi connectivity index (χ4n) is 10.6. The van der Waals surface area contributed by atoms with Gasteiger partial charge in [0.25, 0.3) is 0 Å². The molecule has 68 heavy (non-hydrogen) atoms. The van der Waals surface area contributed by atoms with Crippen LogP contribution in [-0.2, 0) is 0 Å². The Morgan fingerprint density at radius 1 is 0.235 bits per heavy atom. The van der Waals surface area contributed by atoms with E-state index in [1.807, 2.05) is 0 Å². The molecule has 0 fully saturated rings. The molecule has 0 bridgehead atoms. The SMILES string of the molecule is c1ccc(-c2ccc(N(c3ccc(-c4ccc5c(c4)c(-c4ccccc4)c(-c4ccccc4)c4ccccc45)cc3)c3ccc4c5ccccc5n(-c5cccc6ccccc56)c4c3)cc2)cc1. The third kappa shape index (κ3) is 6.65. The van der Waals surface area contributed by atoms with Crippen LogP contribution >= 0.6 is 0 Å². The van der Waals surface area contributed by atoms with Gasteiger partial charge in [0.1, 0.15) is 0 Å². The molecule has 2 heteroatoms. The maximum Gasteiger partial charge on any atom is 0.0562 e. The number of aromatic nitrogens is 1. The maximum absolute atomic E-state index is 2.45. The van der Waals surface area contributed by atoms with Gasteiger partial charge in [0.15, 0.2) is 0 Å². The fraction of sp³-hybridized carbons (Fsp3) is 0. The molecule has 0 radical (unpaired) electrons. The molecule has 1 heterocycles. The van der Waals surface area contributed by atoms with Crippen molar-refractivity contribution >= 4 is 71.2 Å². The third-order valence-electron chi connectivity index (χ3n) is 13.8. The highest BCUT2D eigenvalue weighted by Gasteiger charge is 2.21. The first-order valence-electron chi connectivity index (χ1n) is 23.4. The highest BCUT2D eigenvalue weighted by Crippen LogP contribution is 2.46. The zero-order chi connectivity index (χ0) is 45.0. The minimum atomic E-state index is 1.08. The summed E-state index contributed by atoms with van der Waals surface area (Å²) in [6.45, 7) is 0. The van der Waals surface area contributed by atoms with Crippen molar-refractivity contribution in [2.45, 2.75) is 0 Å². The van der Waals surface area contributed by atoms with E-state index in [-0.39, 0.29) is 0 Å². The number of anilines is 3. The Kier molecular flexibility index (Phi) is 9.54. The molecule has 0 aliphatic rings. The van der Waals surface area contributed by atoms with Crippen LogP contribution in [-0.4, -0.2) is 4.57 Å². The van der Waals surface area contributed by atoms with Crippen molar-refractivity contribution in [3.05, 3.63) is 267 Å². The van der Waals surface area contributed by atoms with Crippen LogP contribution in [0.3, 0.4) is 0 Å². The van der Waals surface area contributed by atoms with Gasteiger partial charge in [0.05, 0.1) is 16.7 Å². The van der Waals surface area contributed by atoms with E-state index in [4.69, 9.17) is 0 Å². The fourth-order valence-corrected chi connectivity index (χ4v) is 10.6. The van der Waals surface area contributed by atoms with Gasteiger partial charge < -0.3 is 9.47 Å². The van der Waals surface area contributed by atoms with E-state index >= 15 is 0 Å². The Balaban J connectivity index is 0.982. The molecule has 13 rings (SSSR count). The molecule has 0 spiro atoms. The van der Waals surface area contributed by atoms with Gasteiger partial charge in [0.2, 0.25) is 0 Å². The second kappa shape index (κ2) is 16.5. The molecular weight excluding hydrogens is 821 g/mol. The van der Waals surface area contributed by atoms with Crippen LogP contribution in [0.15, 0.2) is 267 Å². The molecule has 0 saturated heterocycles. The molecule has 13 aromatic rings. The van der Waals surface area contributed by atoms with E-state index in [2.05, 4.69) is 276 Å². The molecule has 0 N–H and O–H groups in total. The molecule has 0 aliphatic heterocycles. The first-order chi connectivity index (χ1) is 33.7. The monoisotopic (exact) mass is 864 g/mol. The van der Waals surface area contributed by atoms with E-state index in [1.165, 1.54) is 93.2 Å². The Morgan fingerprint density at radius 3 is 1.35 bits per heavy atom. The molecule has 0 amide bonds. The van der Waals surface area contributed by atoms with Gasteiger partial charge >= 0.3 is 0 Å². The lowest BCUT2D eigenvalue weighted by molar-refractivity contribution is 1.19. The lowest BCUT2D eigenvalue weighted by Crippen LogP contribution is -2.10. The number of hydrogen-bond acceptors (Lipinski definition) is 1. The number of benzene rings is 12. The van der Waals surface area contributed by atoms with E-state index in [0.717, 1.165) is 28.1 Å². The average Bonchev–Trinajstić information content (AvgIpc) is 3.74. The quantitative estimate of drug-likeness (QED) is 0.138. The minimum Gasteiger partial charge on any atom is -0.310 e. The summed E-state index contributed by atoms with van der Waals surface area (Å²) in [6.07, 6.45) is 0. The topological polar surface area (TPSA) is 8.17 Å². The summed E-state index contributed by atoms with van der Waals surface area (Å²) in [6, 6.07) is 97.5. The van der Waals surface area contributed by atoms with E-state index < -0.39 is 0 Å². The van der Waals surface area contributed by atoms with Gasteiger partial charge in [-0.25, -0.2) is 0 Å². The number of rotatable bonds is 8. The standard InChI is InChI=1S/C66H44N2/c1-4-17-45(18-5-1)46-31-36-52(37-32-46)67(54-40-42-59-58-27-14-15-29-63(58)68(64(59)44-54)62-30-16-24-48-19-10-11-25-55(48)62)53-38-33-47(34-39-53)51-35-41-57-56-26-12-13-28-60(56)65(49-20-6-2-7-21-49)66(61(57)43-51)50-22-8-3-9-23-50/h1-44H. The van der Waals surface area contributed by atoms with Crippen molar-refractivity contribution in [2.75, 3.05) is 4.90 Å². The number of fused-ring (bicyclic) bond motifs is 7. The predicted octanol–water partition coefficient (Wildman–Crippen LogP) is 18.4. The summed E-state index contributed by atoms with van der Waals surface area (Å²) in [7, 11) is 0. The molecule has 0 saturated carbocycles. The van der Waals surface area contributed by atoms with E-state index in [0.29, 0.717) is 0 Å². The normalized spacial score (nSPS) is 11.5. The number of nitrogens with zero attached hydrogens (tertiary/aromatic N) is 2. The lowest BCUT2D eigenvalue weighted by atomic mass is 9.84. The van der Waals surface area contributed by atoms with Gasteiger partial charge in [-0.15, -0.1) is 0 Å². The summed E-state index contributed by atoms with van der Waals surface area (Å²) in [5.74, 6) is 0. The van der Waals surface area contributed by atoms with Crippen LogP contribution in [0.5, 0.6) is 0 Å². The molecule has 0 unspecified atom stereocenters. The van der Waals surface area contributed by atoms with Crippen LogP contribution < -0.4 is 4.90 Å². The number of para-hydroxylation sites is 1. The summed E-state index contributed by atoms with van der Waals surface area (Å²) in [5, 5.41) is 9.91.